The molecule has 1 rings (SSSR count). The molecule has 0 aromatic rings. The molecule has 11 heavy (non-hydrogen) atoms. The molecule has 1 atom stereocenters. The summed E-state index contributed by atoms with van der Waals surface area (Å²) in [7, 11) is 0. The monoisotopic (exact) mass is 161 g/mol. The number of amides is 1. The molecule has 0 bridgehead atoms. The van der Waals surface area contributed by atoms with Crippen LogP contribution in [0.2, 0.25) is 0 Å². The van der Waals surface area contributed by atoms with E-state index in [9.17, 15) is 9.18 Å². The van der Waals surface area contributed by atoms with Crippen molar-refractivity contribution in [3.63, 3.8) is 0 Å². The van der Waals surface area contributed by atoms with Crippen LogP contribution in [0.3, 0.4) is 0 Å². The van der Waals surface area contributed by atoms with Crippen molar-refractivity contribution in [1.82, 2.24) is 5.32 Å². The standard InChI is InChI=1S/C7H12FNO2/c1-5(2-8)9-7(10)6-3-11-4-6/h5-6H,2-4H2,1H3,(H,9,10). The van der Waals surface area contributed by atoms with E-state index in [-0.39, 0.29) is 17.9 Å². The lowest BCUT2D eigenvalue weighted by Gasteiger charge is -2.25. The van der Waals surface area contributed by atoms with Crippen molar-refractivity contribution in [1.29, 1.82) is 0 Å². The van der Waals surface area contributed by atoms with E-state index in [0.29, 0.717) is 13.2 Å². The minimum Gasteiger partial charge on any atom is -0.380 e. The third-order valence-electron chi connectivity index (χ3n) is 1.63. The van der Waals surface area contributed by atoms with E-state index in [1.807, 2.05) is 0 Å². The van der Waals surface area contributed by atoms with Gasteiger partial charge in [-0.25, -0.2) is 4.39 Å². The summed E-state index contributed by atoms with van der Waals surface area (Å²) in [4.78, 5) is 11.0. The number of ether oxygens (including phenoxy) is 1. The number of hydrogen-bond donors (Lipinski definition) is 1. The van der Waals surface area contributed by atoms with Gasteiger partial charge in [0, 0.05) is 0 Å². The minimum atomic E-state index is -0.515. The number of alkyl halides is 1. The predicted molar refractivity (Wildman–Crippen MR) is 37.9 cm³/mol. The molecule has 4 heteroatoms. The van der Waals surface area contributed by atoms with Gasteiger partial charge in [-0.05, 0) is 6.92 Å². The Morgan fingerprint density at radius 3 is 2.82 bits per heavy atom. The molecule has 0 aromatic carbocycles. The van der Waals surface area contributed by atoms with Crippen molar-refractivity contribution in [2.75, 3.05) is 19.9 Å². The summed E-state index contributed by atoms with van der Waals surface area (Å²) in [6.45, 7) is 2.08. The van der Waals surface area contributed by atoms with E-state index in [1.54, 1.807) is 6.92 Å². The van der Waals surface area contributed by atoms with Crippen LogP contribution in [0.5, 0.6) is 0 Å². The molecule has 1 heterocycles. The molecule has 3 nitrogen and oxygen atoms in total. The summed E-state index contributed by atoms with van der Waals surface area (Å²) in [6.07, 6.45) is 0. The van der Waals surface area contributed by atoms with E-state index in [1.165, 1.54) is 0 Å². The number of hydrogen-bond acceptors (Lipinski definition) is 2. The Bertz CT molecular complexity index is 147. The third-order valence-corrected chi connectivity index (χ3v) is 1.63. The van der Waals surface area contributed by atoms with Crippen LogP contribution in [0.1, 0.15) is 6.92 Å². The fourth-order valence-electron chi connectivity index (χ4n) is 0.786. The van der Waals surface area contributed by atoms with Crippen LogP contribution < -0.4 is 5.32 Å². The number of carbonyl (C=O) groups excluding carboxylic acids is 1. The van der Waals surface area contributed by atoms with E-state index in [0.717, 1.165) is 0 Å². The quantitative estimate of drug-likeness (QED) is 0.637. The topological polar surface area (TPSA) is 38.3 Å². The zero-order valence-corrected chi connectivity index (χ0v) is 6.47. The lowest BCUT2D eigenvalue weighted by atomic mass is 10.1. The summed E-state index contributed by atoms with van der Waals surface area (Å²) >= 11 is 0. The molecular weight excluding hydrogens is 149 g/mol. The zero-order chi connectivity index (χ0) is 8.27. The van der Waals surface area contributed by atoms with Crippen molar-refractivity contribution in [3.05, 3.63) is 0 Å². The lowest BCUT2D eigenvalue weighted by Crippen LogP contribution is -2.45. The van der Waals surface area contributed by atoms with E-state index < -0.39 is 6.67 Å². The van der Waals surface area contributed by atoms with Gasteiger partial charge in [-0.3, -0.25) is 4.79 Å². The van der Waals surface area contributed by atoms with Gasteiger partial charge < -0.3 is 10.1 Å². The van der Waals surface area contributed by atoms with E-state index >= 15 is 0 Å². The van der Waals surface area contributed by atoms with Crippen LogP contribution in [0.4, 0.5) is 4.39 Å². The number of halogens is 1. The zero-order valence-electron chi connectivity index (χ0n) is 6.47. The molecule has 0 aromatic heterocycles. The number of carbonyl (C=O) groups is 1. The van der Waals surface area contributed by atoms with Crippen LogP contribution >= 0.6 is 0 Å². The van der Waals surface area contributed by atoms with Crippen molar-refractivity contribution >= 4 is 5.91 Å². The van der Waals surface area contributed by atoms with Crippen molar-refractivity contribution in [2.24, 2.45) is 5.92 Å². The summed E-state index contributed by atoms with van der Waals surface area (Å²) in [5, 5.41) is 2.54. The average molecular weight is 161 g/mol. The molecule has 64 valence electrons. The van der Waals surface area contributed by atoms with Gasteiger partial charge in [0.25, 0.3) is 0 Å². The maximum Gasteiger partial charge on any atom is 0.228 e. The van der Waals surface area contributed by atoms with E-state index in [4.69, 9.17) is 4.74 Å². The smallest absolute Gasteiger partial charge is 0.228 e. The highest BCUT2D eigenvalue weighted by molar-refractivity contribution is 5.79. The van der Waals surface area contributed by atoms with Crippen LogP contribution in [0, 0.1) is 5.92 Å². The van der Waals surface area contributed by atoms with Crippen LogP contribution in [0.25, 0.3) is 0 Å². The van der Waals surface area contributed by atoms with Crippen molar-refractivity contribution in [3.8, 4) is 0 Å². The molecule has 1 amide bonds. The van der Waals surface area contributed by atoms with Gasteiger partial charge in [-0.1, -0.05) is 0 Å². The van der Waals surface area contributed by atoms with Gasteiger partial charge in [0.15, 0.2) is 0 Å². The molecule has 1 unspecified atom stereocenters. The fourth-order valence-corrected chi connectivity index (χ4v) is 0.786. The largest absolute Gasteiger partial charge is 0.380 e. The Morgan fingerprint density at radius 2 is 2.45 bits per heavy atom. The fraction of sp³-hybridized carbons (Fsp3) is 0.857. The summed E-state index contributed by atoms with van der Waals surface area (Å²) in [5.41, 5.74) is 0. The molecule has 1 aliphatic heterocycles. The minimum absolute atomic E-state index is 0.0519. The van der Waals surface area contributed by atoms with Gasteiger partial charge in [0.05, 0.1) is 25.2 Å². The second-order valence-electron chi connectivity index (χ2n) is 2.80. The Hall–Kier alpha value is -0.640. The summed E-state index contributed by atoms with van der Waals surface area (Å²) in [5.74, 6) is -0.148. The number of rotatable bonds is 3. The Morgan fingerprint density at radius 1 is 1.82 bits per heavy atom. The molecule has 0 aliphatic carbocycles. The first-order valence-electron chi connectivity index (χ1n) is 3.68. The Kier molecular flexibility index (Phi) is 2.82. The van der Waals surface area contributed by atoms with Gasteiger partial charge >= 0.3 is 0 Å². The van der Waals surface area contributed by atoms with Crippen molar-refractivity contribution in [2.45, 2.75) is 13.0 Å². The van der Waals surface area contributed by atoms with Gasteiger partial charge in [0.2, 0.25) is 5.91 Å². The van der Waals surface area contributed by atoms with Crippen LogP contribution in [0.15, 0.2) is 0 Å². The Labute approximate surface area is 64.9 Å². The molecule has 0 radical (unpaired) electrons. The maximum absolute atomic E-state index is 11.9. The molecular formula is C7H12FNO2. The molecule has 0 saturated carbocycles. The second kappa shape index (κ2) is 3.67. The SMILES string of the molecule is CC(CF)NC(=O)C1COC1. The van der Waals surface area contributed by atoms with E-state index in [2.05, 4.69) is 5.32 Å². The summed E-state index contributed by atoms with van der Waals surface area (Å²) in [6, 6.07) is -0.372. The molecule has 1 N–H and O–H groups in total. The first kappa shape index (κ1) is 8.46. The molecule has 1 saturated heterocycles. The highest BCUT2D eigenvalue weighted by atomic mass is 19.1. The predicted octanol–water partition coefficient (Wildman–Crippen LogP) is 0.107. The van der Waals surface area contributed by atoms with Gasteiger partial charge in [0.1, 0.15) is 6.67 Å². The highest BCUT2D eigenvalue weighted by Crippen LogP contribution is 2.09. The lowest BCUT2D eigenvalue weighted by molar-refractivity contribution is -0.139. The highest BCUT2D eigenvalue weighted by Gasteiger charge is 2.26. The summed E-state index contributed by atoms with van der Waals surface area (Å²) < 4.78 is 16.7. The Balaban J connectivity index is 2.19. The number of nitrogens with one attached hydrogen (secondary N) is 1. The third kappa shape index (κ3) is 2.15. The second-order valence-corrected chi connectivity index (χ2v) is 2.80. The van der Waals surface area contributed by atoms with Gasteiger partial charge in [-0.15, -0.1) is 0 Å². The van der Waals surface area contributed by atoms with Crippen LogP contribution in [-0.2, 0) is 9.53 Å². The normalized spacial score (nSPS) is 20.5. The average Bonchev–Trinajstić information content (AvgIpc) is 1.83. The van der Waals surface area contributed by atoms with Gasteiger partial charge in [-0.2, -0.15) is 0 Å². The first-order valence-corrected chi connectivity index (χ1v) is 3.68. The molecule has 1 aliphatic rings. The van der Waals surface area contributed by atoms with Crippen LogP contribution in [-0.4, -0.2) is 31.8 Å². The molecule has 0 spiro atoms. The molecule has 1 fully saturated rings. The van der Waals surface area contributed by atoms with Crippen molar-refractivity contribution < 1.29 is 13.9 Å². The first-order chi connectivity index (χ1) is 5.24. The maximum atomic E-state index is 11.9.